The number of imidazole rings is 2. The maximum absolute atomic E-state index is 5.29. The second-order valence-corrected chi connectivity index (χ2v) is 25.4. The molecule has 4 heterocycles. The van der Waals surface area contributed by atoms with Crippen LogP contribution in [0.1, 0.15) is 188 Å². The minimum atomic E-state index is 0.156. The van der Waals surface area contributed by atoms with Crippen LogP contribution in [-0.2, 0) is 22.6 Å². The highest BCUT2D eigenvalue weighted by atomic mass is 16.5. The molecule has 0 aromatic carbocycles. The Bertz CT molecular complexity index is 1260. The van der Waals surface area contributed by atoms with Gasteiger partial charge in [-0.05, 0) is 134 Å². The lowest BCUT2D eigenvalue weighted by Gasteiger charge is -2.29. The number of nitrogens with zero attached hydrogens (tertiary/aromatic N) is 7. The quantitative estimate of drug-likeness (QED) is 0.269. The molecule has 0 bridgehead atoms. The molecule has 0 saturated carbocycles. The van der Waals surface area contributed by atoms with Crippen LogP contribution in [0.5, 0.6) is 0 Å². The minimum absolute atomic E-state index is 0.156. The first-order valence-electron chi connectivity index (χ1n) is 24.4. The van der Waals surface area contributed by atoms with Gasteiger partial charge in [0.15, 0.2) is 0 Å². The normalized spacial score (nSPS) is 15.8. The van der Waals surface area contributed by atoms with E-state index in [1.54, 1.807) is 6.20 Å². The molecule has 62 heavy (non-hydrogen) atoms. The Morgan fingerprint density at radius 2 is 1.00 bits per heavy atom. The first-order valence-corrected chi connectivity index (χ1v) is 24.4. The van der Waals surface area contributed by atoms with Crippen LogP contribution in [0.15, 0.2) is 24.8 Å². The molecule has 0 aliphatic carbocycles. The largest absolute Gasteiger partial charge is 0.379 e. The van der Waals surface area contributed by atoms with Crippen molar-refractivity contribution in [3.05, 3.63) is 36.4 Å². The number of nitrogens with one attached hydrogen (secondary N) is 1. The first-order chi connectivity index (χ1) is 28.1. The molecule has 2 aromatic rings. The third-order valence-electron chi connectivity index (χ3n) is 10.5. The van der Waals surface area contributed by atoms with E-state index in [0.717, 1.165) is 38.0 Å². The van der Waals surface area contributed by atoms with Crippen molar-refractivity contribution >= 4 is 0 Å². The lowest BCUT2D eigenvalue weighted by Crippen LogP contribution is -2.37. The van der Waals surface area contributed by atoms with Gasteiger partial charge in [0.25, 0.3) is 0 Å². The summed E-state index contributed by atoms with van der Waals surface area (Å²) in [6.45, 7) is 52.2. The number of aromatic amines is 1. The Labute approximate surface area is 388 Å². The lowest BCUT2D eigenvalue weighted by molar-refractivity contribution is 0.0333. The van der Waals surface area contributed by atoms with Crippen molar-refractivity contribution in [3.63, 3.8) is 0 Å². The molecule has 4 rings (SSSR count). The Balaban J connectivity index is 0. The van der Waals surface area contributed by atoms with E-state index in [4.69, 9.17) is 4.74 Å². The molecule has 0 unspecified atom stereocenters. The van der Waals surface area contributed by atoms with Crippen molar-refractivity contribution in [1.82, 2.24) is 39.1 Å². The van der Waals surface area contributed by atoms with Gasteiger partial charge >= 0.3 is 0 Å². The summed E-state index contributed by atoms with van der Waals surface area (Å²) >= 11 is 0. The average molecular weight is 876 g/mol. The molecule has 0 atom stereocenters. The maximum Gasteiger partial charge on any atom is 0.113 e. The summed E-state index contributed by atoms with van der Waals surface area (Å²) in [5, 5.41) is 0. The summed E-state index contributed by atoms with van der Waals surface area (Å²) in [4.78, 5) is 21.0. The average Bonchev–Trinajstić information content (AvgIpc) is 3.83. The Morgan fingerprint density at radius 1 is 0.548 bits per heavy atom. The van der Waals surface area contributed by atoms with E-state index >= 15 is 0 Å². The second-order valence-electron chi connectivity index (χ2n) is 25.4. The molecule has 2 aliphatic heterocycles. The van der Waals surface area contributed by atoms with E-state index in [9.17, 15) is 0 Å². The van der Waals surface area contributed by atoms with E-state index in [-0.39, 0.29) is 10.8 Å². The summed E-state index contributed by atoms with van der Waals surface area (Å²) in [6, 6.07) is 0. The molecule has 2 aliphatic rings. The van der Waals surface area contributed by atoms with E-state index in [0.29, 0.717) is 21.7 Å². The molecule has 368 valence electrons. The van der Waals surface area contributed by atoms with Gasteiger partial charge in [0.05, 0.1) is 13.2 Å². The van der Waals surface area contributed by atoms with E-state index in [1.165, 1.54) is 90.6 Å². The van der Waals surface area contributed by atoms with E-state index in [1.807, 2.05) is 25.6 Å². The Kier molecular flexibility index (Phi) is 30.6. The van der Waals surface area contributed by atoms with Crippen molar-refractivity contribution < 1.29 is 4.74 Å². The predicted octanol–water partition coefficient (Wildman–Crippen LogP) is 12.4. The van der Waals surface area contributed by atoms with Gasteiger partial charge in [0, 0.05) is 55.8 Å². The first kappa shape index (κ1) is 62.3. The molecule has 2 fully saturated rings. The topological polar surface area (TPSA) is 68.7 Å². The molecule has 0 spiro atoms. The molecule has 9 nitrogen and oxygen atoms in total. The zero-order valence-corrected chi connectivity index (χ0v) is 46.1. The minimum Gasteiger partial charge on any atom is -0.379 e. The van der Waals surface area contributed by atoms with Crippen LogP contribution < -0.4 is 0 Å². The molecule has 2 aromatic heterocycles. The number of rotatable bonds is 9. The molecule has 1 N–H and O–H groups in total. The maximum atomic E-state index is 5.29. The molecule has 2 saturated heterocycles. The van der Waals surface area contributed by atoms with Crippen molar-refractivity contribution in [2.45, 2.75) is 187 Å². The fraction of sp³-hybridized carbons (Fsp3) is 0.887. The van der Waals surface area contributed by atoms with Crippen LogP contribution in [0.4, 0.5) is 0 Å². The van der Waals surface area contributed by atoms with Crippen LogP contribution in [0.2, 0.25) is 0 Å². The van der Waals surface area contributed by atoms with Crippen molar-refractivity contribution in [1.29, 1.82) is 0 Å². The molecular formula is C53H110N8O. The lowest BCUT2D eigenvalue weighted by atomic mass is 9.90. The number of hydrogen-bond acceptors (Lipinski definition) is 7. The van der Waals surface area contributed by atoms with Gasteiger partial charge < -0.3 is 29.0 Å². The van der Waals surface area contributed by atoms with Crippen LogP contribution in [0, 0.1) is 21.7 Å². The number of aromatic nitrogens is 4. The van der Waals surface area contributed by atoms with E-state index in [2.05, 4.69) is 192 Å². The number of likely N-dealkylation sites (tertiary alicyclic amines) is 1. The molecule has 0 radical (unpaired) electrons. The van der Waals surface area contributed by atoms with Crippen molar-refractivity contribution in [2.24, 2.45) is 28.7 Å². The monoisotopic (exact) mass is 875 g/mol. The van der Waals surface area contributed by atoms with Gasteiger partial charge in [0.2, 0.25) is 0 Å². The smallest absolute Gasteiger partial charge is 0.113 e. The third kappa shape index (κ3) is 41.0. The summed E-state index contributed by atoms with van der Waals surface area (Å²) in [5.41, 5.74) is 2.30. The number of aryl methyl sites for hydroxylation is 1. The van der Waals surface area contributed by atoms with Crippen LogP contribution >= 0.6 is 0 Å². The Hall–Kier alpha value is -1.78. The number of ether oxygens (including phenoxy) is 1. The van der Waals surface area contributed by atoms with Crippen molar-refractivity contribution in [2.75, 3.05) is 93.8 Å². The van der Waals surface area contributed by atoms with E-state index < -0.39 is 0 Å². The molecule has 9 heteroatoms. The van der Waals surface area contributed by atoms with Gasteiger partial charge in [-0.2, -0.15) is 0 Å². The summed E-state index contributed by atoms with van der Waals surface area (Å²) in [5.74, 6) is 2.18. The standard InChI is InChI=1S/C11H23N.C10H21NO.C9H21N.C8H14N2.C8H19N.C7H12N2/c1-11(2,3)7-10-12-8-5-4-6-9-12;1-10(2,3)4-5-11-6-8-12-9-7-11;1-9(2,3)7-6-8-10(4)5;1-8(2,3)7-9-5-6-10(7)4;1-8(2,3)6-7-9(4)5;1-7(2,3)6-8-4-5-9-6/h4-10H2,1-3H3;4-9H2,1-3H3;6-8H2,1-5H3;5-6H,1-4H3;6-7H2,1-5H3;4-5H,1-3H3,(H,8,9). The van der Waals surface area contributed by atoms with Gasteiger partial charge in [-0.25, -0.2) is 9.97 Å². The highest BCUT2D eigenvalue weighted by Crippen LogP contribution is 2.22. The summed E-state index contributed by atoms with van der Waals surface area (Å²) in [6.07, 6.45) is 18.3. The fourth-order valence-electron chi connectivity index (χ4n) is 6.24. The summed E-state index contributed by atoms with van der Waals surface area (Å²) in [7, 11) is 10.5. The summed E-state index contributed by atoms with van der Waals surface area (Å²) < 4.78 is 7.35. The van der Waals surface area contributed by atoms with Gasteiger partial charge in [-0.15, -0.1) is 0 Å². The SMILES string of the molecule is CC(C)(C)CCN1CCCCC1.CC(C)(C)CCN1CCOCC1.CC(C)(C)c1ncc[nH]1.CN(C)CCC(C)(C)C.CN(C)CCCC(C)(C)C.Cn1ccnc1C(C)(C)C. The highest BCUT2D eigenvalue weighted by molar-refractivity contribution is 5.03. The van der Waals surface area contributed by atoms with Crippen molar-refractivity contribution in [3.8, 4) is 0 Å². The number of morpholine rings is 1. The predicted molar refractivity (Wildman–Crippen MR) is 275 cm³/mol. The zero-order chi connectivity index (χ0) is 48.4. The zero-order valence-electron chi connectivity index (χ0n) is 46.1. The number of hydrogen-bond donors (Lipinski definition) is 1. The van der Waals surface area contributed by atoms with Crippen LogP contribution in [0.3, 0.4) is 0 Å². The Morgan fingerprint density at radius 3 is 1.29 bits per heavy atom. The highest BCUT2D eigenvalue weighted by Gasteiger charge is 2.19. The molecule has 0 amide bonds. The van der Waals surface area contributed by atoms with Gasteiger partial charge in [0.1, 0.15) is 11.6 Å². The third-order valence-corrected chi connectivity index (χ3v) is 10.5. The number of H-pyrrole nitrogens is 1. The van der Waals surface area contributed by atoms with Gasteiger partial charge in [-0.1, -0.05) is 131 Å². The number of piperidine rings is 1. The molecular weight excluding hydrogens is 765 g/mol. The van der Waals surface area contributed by atoms with Crippen LogP contribution in [0.25, 0.3) is 0 Å². The second kappa shape index (κ2) is 30.4. The fourth-order valence-corrected chi connectivity index (χ4v) is 6.24. The van der Waals surface area contributed by atoms with Gasteiger partial charge in [-0.3, -0.25) is 4.90 Å². The van der Waals surface area contributed by atoms with Crippen LogP contribution in [-0.4, -0.2) is 133 Å².